The Kier molecular flexibility index (Phi) is 5.47. The van der Waals surface area contributed by atoms with Gasteiger partial charge in [0.15, 0.2) is 0 Å². The molecule has 0 heterocycles. The van der Waals surface area contributed by atoms with Gasteiger partial charge in [0.25, 0.3) is 0 Å². The molecule has 0 aliphatic heterocycles. The third-order valence-electron chi connectivity index (χ3n) is 3.37. The normalized spacial score (nSPS) is 12.4. The Bertz CT molecular complexity index is 564. The van der Waals surface area contributed by atoms with Crippen LogP contribution in [0.3, 0.4) is 0 Å². The van der Waals surface area contributed by atoms with Gasteiger partial charge in [-0.15, -0.1) is 0 Å². The maximum Gasteiger partial charge on any atom is 0.0640 e. The van der Waals surface area contributed by atoms with Crippen LogP contribution < -0.4 is 5.32 Å². The zero-order valence-corrected chi connectivity index (χ0v) is 13.3. The summed E-state index contributed by atoms with van der Waals surface area (Å²) in [7, 11) is 0. The molecule has 2 aromatic rings. The highest BCUT2D eigenvalue weighted by Crippen LogP contribution is 2.31. The van der Waals surface area contributed by atoms with Crippen LogP contribution in [0.15, 0.2) is 42.5 Å². The van der Waals surface area contributed by atoms with Crippen LogP contribution in [0.2, 0.25) is 10.0 Å². The van der Waals surface area contributed by atoms with Crippen molar-refractivity contribution < 1.29 is 0 Å². The number of benzene rings is 2. The quantitative estimate of drug-likeness (QED) is 0.801. The Morgan fingerprint density at radius 1 is 1.05 bits per heavy atom. The van der Waals surface area contributed by atoms with Gasteiger partial charge < -0.3 is 5.32 Å². The Labute approximate surface area is 130 Å². The molecular formula is C17H19Cl2N. The Morgan fingerprint density at radius 3 is 2.40 bits per heavy atom. The number of halogens is 2. The van der Waals surface area contributed by atoms with Crippen molar-refractivity contribution in [1.29, 1.82) is 0 Å². The van der Waals surface area contributed by atoms with Gasteiger partial charge in [-0.1, -0.05) is 72.1 Å². The summed E-state index contributed by atoms with van der Waals surface area (Å²) in [5.74, 6) is 0. The van der Waals surface area contributed by atoms with Gasteiger partial charge in [0.2, 0.25) is 0 Å². The minimum Gasteiger partial charge on any atom is -0.310 e. The lowest BCUT2D eigenvalue weighted by atomic mass is 9.98. The summed E-state index contributed by atoms with van der Waals surface area (Å²) in [5.41, 5.74) is 3.62. The van der Waals surface area contributed by atoms with Crippen LogP contribution in [-0.4, -0.2) is 6.54 Å². The molecule has 1 atom stereocenters. The molecule has 2 aromatic carbocycles. The van der Waals surface area contributed by atoms with E-state index in [1.54, 1.807) is 0 Å². The zero-order chi connectivity index (χ0) is 14.5. The molecule has 0 aromatic heterocycles. The van der Waals surface area contributed by atoms with Crippen molar-refractivity contribution in [3.8, 4) is 0 Å². The van der Waals surface area contributed by atoms with Crippen molar-refractivity contribution in [3.05, 3.63) is 69.2 Å². The third-order valence-corrected chi connectivity index (χ3v) is 4.20. The van der Waals surface area contributed by atoms with E-state index in [9.17, 15) is 0 Å². The molecule has 1 nitrogen and oxygen atoms in total. The summed E-state index contributed by atoms with van der Waals surface area (Å²) >= 11 is 12.5. The Morgan fingerprint density at radius 2 is 1.75 bits per heavy atom. The van der Waals surface area contributed by atoms with Gasteiger partial charge >= 0.3 is 0 Å². The second kappa shape index (κ2) is 7.12. The number of nitrogens with one attached hydrogen (secondary N) is 1. The van der Waals surface area contributed by atoms with Crippen molar-refractivity contribution in [2.75, 3.05) is 6.54 Å². The third kappa shape index (κ3) is 3.76. The first-order valence-corrected chi connectivity index (χ1v) is 7.60. The molecule has 0 bridgehead atoms. The van der Waals surface area contributed by atoms with E-state index in [0.717, 1.165) is 18.5 Å². The van der Waals surface area contributed by atoms with Gasteiger partial charge in [0, 0.05) is 6.04 Å². The van der Waals surface area contributed by atoms with Gasteiger partial charge in [-0.3, -0.25) is 0 Å². The molecule has 0 saturated carbocycles. The smallest absolute Gasteiger partial charge is 0.0640 e. The van der Waals surface area contributed by atoms with Crippen molar-refractivity contribution in [1.82, 2.24) is 5.32 Å². The lowest BCUT2D eigenvalue weighted by Gasteiger charge is -2.20. The van der Waals surface area contributed by atoms with E-state index in [1.807, 2.05) is 18.2 Å². The number of hydrogen-bond donors (Lipinski definition) is 1. The fraction of sp³-hybridized carbons (Fsp3) is 0.294. The van der Waals surface area contributed by atoms with E-state index in [4.69, 9.17) is 23.2 Å². The minimum atomic E-state index is 0.175. The van der Waals surface area contributed by atoms with Gasteiger partial charge in [-0.05, 0) is 37.1 Å². The highest BCUT2D eigenvalue weighted by Gasteiger charge is 2.16. The number of hydrogen-bond acceptors (Lipinski definition) is 1. The monoisotopic (exact) mass is 307 g/mol. The van der Waals surface area contributed by atoms with Crippen molar-refractivity contribution in [3.63, 3.8) is 0 Å². The van der Waals surface area contributed by atoms with E-state index in [0.29, 0.717) is 10.0 Å². The lowest BCUT2D eigenvalue weighted by molar-refractivity contribution is 0.550. The lowest BCUT2D eigenvalue weighted by Crippen LogP contribution is -2.23. The van der Waals surface area contributed by atoms with E-state index >= 15 is 0 Å². The fourth-order valence-electron chi connectivity index (χ4n) is 2.29. The molecule has 0 spiro atoms. The first-order chi connectivity index (χ1) is 9.61. The number of rotatable bonds is 5. The SMILES string of the molecule is CCNC(Cc1ccc(C)cc1)c1cccc(Cl)c1Cl. The molecule has 0 aliphatic carbocycles. The number of likely N-dealkylation sites (N-methyl/N-ethyl adjacent to an activating group) is 1. The molecule has 3 heteroatoms. The standard InChI is InChI=1S/C17H19Cl2N/c1-3-20-16(11-13-9-7-12(2)8-10-13)14-5-4-6-15(18)17(14)19/h4-10,16,20H,3,11H2,1-2H3. The van der Waals surface area contributed by atoms with Crippen molar-refractivity contribution >= 4 is 23.2 Å². The average Bonchev–Trinajstić information content (AvgIpc) is 2.44. The van der Waals surface area contributed by atoms with Crippen LogP contribution in [0.1, 0.15) is 29.7 Å². The molecule has 20 heavy (non-hydrogen) atoms. The molecule has 106 valence electrons. The Hall–Kier alpha value is -1.02. The van der Waals surface area contributed by atoms with Crippen LogP contribution in [0.25, 0.3) is 0 Å². The van der Waals surface area contributed by atoms with Gasteiger partial charge in [-0.2, -0.15) is 0 Å². The summed E-state index contributed by atoms with van der Waals surface area (Å²) in [6.45, 7) is 5.08. The van der Waals surface area contributed by atoms with E-state index in [2.05, 4.69) is 43.4 Å². The first-order valence-electron chi connectivity index (χ1n) is 6.84. The van der Waals surface area contributed by atoms with Crippen LogP contribution in [-0.2, 0) is 6.42 Å². The molecule has 0 fully saturated rings. The number of aryl methyl sites for hydroxylation is 1. The summed E-state index contributed by atoms with van der Waals surface area (Å²) in [6.07, 6.45) is 0.897. The van der Waals surface area contributed by atoms with Gasteiger partial charge in [-0.25, -0.2) is 0 Å². The highest BCUT2D eigenvalue weighted by molar-refractivity contribution is 6.42. The van der Waals surface area contributed by atoms with Crippen LogP contribution in [0.4, 0.5) is 0 Å². The summed E-state index contributed by atoms with van der Waals surface area (Å²) in [6, 6.07) is 14.6. The van der Waals surface area contributed by atoms with E-state index in [1.165, 1.54) is 11.1 Å². The molecule has 0 amide bonds. The molecular weight excluding hydrogens is 289 g/mol. The van der Waals surface area contributed by atoms with Gasteiger partial charge in [0.05, 0.1) is 10.0 Å². The fourth-order valence-corrected chi connectivity index (χ4v) is 2.73. The molecule has 2 rings (SSSR count). The molecule has 1 unspecified atom stereocenters. The first kappa shape index (κ1) is 15.4. The Balaban J connectivity index is 2.26. The molecule has 0 saturated heterocycles. The van der Waals surface area contributed by atoms with Crippen molar-refractivity contribution in [2.45, 2.75) is 26.3 Å². The van der Waals surface area contributed by atoms with Crippen molar-refractivity contribution in [2.24, 2.45) is 0 Å². The zero-order valence-electron chi connectivity index (χ0n) is 11.8. The maximum absolute atomic E-state index is 6.34. The predicted molar refractivity (Wildman–Crippen MR) is 87.8 cm³/mol. The average molecular weight is 308 g/mol. The predicted octanol–water partition coefficient (Wildman–Crippen LogP) is 5.20. The van der Waals surface area contributed by atoms with Crippen LogP contribution in [0, 0.1) is 6.92 Å². The minimum absolute atomic E-state index is 0.175. The van der Waals surface area contributed by atoms with Crippen LogP contribution in [0.5, 0.6) is 0 Å². The maximum atomic E-state index is 6.34. The largest absolute Gasteiger partial charge is 0.310 e. The van der Waals surface area contributed by atoms with E-state index < -0.39 is 0 Å². The molecule has 0 radical (unpaired) electrons. The molecule has 0 aliphatic rings. The topological polar surface area (TPSA) is 12.0 Å². The van der Waals surface area contributed by atoms with E-state index in [-0.39, 0.29) is 6.04 Å². The second-order valence-corrected chi connectivity index (χ2v) is 5.73. The van der Waals surface area contributed by atoms with Crippen LogP contribution >= 0.6 is 23.2 Å². The summed E-state index contributed by atoms with van der Waals surface area (Å²) in [5, 5.41) is 4.74. The highest BCUT2D eigenvalue weighted by atomic mass is 35.5. The summed E-state index contributed by atoms with van der Waals surface area (Å²) < 4.78 is 0. The second-order valence-electron chi connectivity index (χ2n) is 4.94. The van der Waals surface area contributed by atoms with Gasteiger partial charge in [0.1, 0.15) is 0 Å². The summed E-state index contributed by atoms with van der Waals surface area (Å²) in [4.78, 5) is 0. The molecule has 1 N–H and O–H groups in total.